The Hall–Kier alpha value is -3.38. The SMILES string of the molecule is Cc1cc(C(=O)CN2C(=O)NC3(CCCc4ccccc43)C2=O)c(C)n1-c1ccc(Cl)cc1. The Morgan fingerprint density at radius 3 is 2.58 bits per heavy atom. The number of halogens is 1. The molecule has 1 N–H and O–H groups in total. The number of aromatic nitrogens is 1. The quantitative estimate of drug-likeness (QED) is 0.451. The monoisotopic (exact) mass is 461 g/mol. The number of hydrogen-bond acceptors (Lipinski definition) is 3. The molecule has 1 spiro atoms. The van der Waals surface area contributed by atoms with Gasteiger partial charge in [0, 0.05) is 27.7 Å². The highest BCUT2D eigenvalue weighted by molar-refractivity contribution is 6.30. The lowest BCUT2D eigenvalue weighted by Gasteiger charge is -2.33. The number of rotatable bonds is 4. The standard InChI is InChI=1S/C26H24ClN3O3/c1-16-14-21(17(2)30(16)20-11-9-19(27)10-12-20)23(31)15-29-24(32)26(28-25(29)33)13-5-7-18-6-3-4-8-22(18)26/h3-4,6,8-12,14H,5,7,13,15H2,1-2H3,(H,28,33). The van der Waals surface area contributed by atoms with E-state index in [0.29, 0.717) is 17.0 Å². The van der Waals surface area contributed by atoms with Crippen molar-refractivity contribution in [3.63, 3.8) is 0 Å². The largest absolute Gasteiger partial charge is 0.325 e. The summed E-state index contributed by atoms with van der Waals surface area (Å²) in [6, 6.07) is 16.4. The highest BCUT2D eigenvalue weighted by atomic mass is 35.5. The van der Waals surface area contributed by atoms with E-state index in [1.807, 2.05) is 54.8 Å². The molecule has 2 aliphatic rings. The van der Waals surface area contributed by atoms with Crippen LogP contribution in [0.2, 0.25) is 5.02 Å². The second-order valence-electron chi connectivity index (χ2n) is 8.76. The number of fused-ring (bicyclic) bond motifs is 2. The van der Waals surface area contributed by atoms with Crippen molar-refractivity contribution in [3.05, 3.63) is 87.7 Å². The van der Waals surface area contributed by atoms with Crippen LogP contribution in [-0.2, 0) is 16.8 Å². The van der Waals surface area contributed by atoms with Gasteiger partial charge in [0.1, 0.15) is 5.54 Å². The predicted octanol–water partition coefficient (Wildman–Crippen LogP) is 4.71. The van der Waals surface area contributed by atoms with E-state index in [4.69, 9.17) is 11.6 Å². The summed E-state index contributed by atoms with van der Waals surface area (Å²) in [5.74, 6) is -0.618. The van der Waals surface area contributed by atoms with E-state index < -0.39 is 11.6 Å². The predicted molar refractivity (Wildman–Crippen MR) is 126 cm³/mol. The van der Waals surface area contributed by atoms with Gasteiger partial charge in [-0.1, -0.05) is 35.9 Å². The molecule has 1 aliphatic heterocycles. The fourth-order valence-electron chi connectivity index (χ4n) is 5.22. The summed E-state index contributed by atoms with van der Waals surface area (Å²) < 4.78 is 1.97. The highest BCUT2D eigenvalue weighted by Crippen LogP contribution is 2.40. The van der Waals surface area contributed by atoms with E-state index in [2.05, 4.69) is 5.32 Å². The number of Topliss-reactive ketones (excluding diaryl/α,β-unsaturated/α-hetero) is 1. The maximum absolute atomic E-state index is 13.5. The van der Waals surface area contributed by atoms with Gasteiger partial charge in [-0.2, -0.15) is 0 Å². The first kappa shape index (κ1) is 21.5. The summed E-state index contributed by atoms with van der Waals surface area (Å²) >= 11 is 6.01. The van der Waals surface area contributed by atoms with Gasteiger partial charge in [-0.15, -0.1) is 0 Å². The van der Waals surface area contributed by atoms with E-state index in [0.717, 1.165) is 45.9 Å². The minimum absolute atomic E-state index is 0.270. The Bertz CT molecular complexity index is 1290. The van der Waals surface area contributed by atoms with E-state index in [-0.39, 0.29) is 18.2 Å². The van der Waals surface area contributed by atoms with Crippen LogP contribution in [0, 0.1) is 13.8 Å². The molecular weight excluding hydrogens is 438 g/mol. The number of benzene rings is 2. The number of imide groups is 1. The number of nitrogens with zero attached hydrogens (tertiary/aromatic N) is 2. The molecule has 168 valence electrons. The normalized spacial score (nSPS) is 19.7. The first-order valence-corrected chi connectivity index (χ1v) is 11.4. The Balaban J connectivity index is 1.44. The Morgan fingerprint density at radius 2 is 1.82 bits per heavy atom. The minimum atomic E-state index is -1.08. The van der Waals surface area contributed by atoms with Gasteiger partial charge >= 0.3 is 6.03 Å². The van der Waals surface area contributed by atoms with Crippen LogP contribution in [0.1, 0.15) is 45.7 Å². The van der Waals surface area contributed by atoms with Gasteiger partial charge < -0.3 is 9.88 Å². The topological polar surface area (TPSA) is 71.4 Å². The molecule has 1 unspecified atom stereocenters. The summed E-state index contributed by atoms with van der Waals surface area (Å²) in [5.41, 5.74) is 3.85. The number of hydrogen-bond donors (Lipinski definition) is 1. The molecule has 0 radical (unpaired) electrons. The van der Waals surface area contributed by atoms with E-state index in [9.17, 15) is 14.4 Å². The fraction of sp³-hybridized carbons (Fsp3) is 0.269. The van der Waals surface area contributed by atoms with Crippen LogP contribution in [0.15, 0.2) is 54.6 Å². The van der Waals surface area contributed by atoms with Crippen molar-refractivity contribution < 1.29 is 14.4 Å². The molecule has 2 heterocycles. The zero-order valence-electron chi connectivity index (χ0n) is 18.5. The number of carbonyl (C=O) groups excluding carboxylic acids is 3. The van der Waals surface area contributed by atoms with Gasteiger partial charge in [-0.05, 0) is 74.6 Å². The van der Waals surface area contributed by atoms with Gasteiger partial charge in [0.15, 0.2) is 5.78 Å². The molecule has 1 atom stereocenters. The smallest absolute Gasteiger partial charge is 0.319 e. The Kier molecular flexibility index (Phi) is 5.13. The summed E-state index contributed by atoms with van der Waals surface area (Å²) in [7, 11) is 0. The van der Waals surface area contributed by atoms with Gasteiger partial charge in [0.05, 0.1) is 6.54 Å². The first-order valence-electron chi connectivity index (χ1n) is 11.0. The number of carbonyl (C=O) groups is 3. The van der Waals surface area contributed by atoms with Crippen LogP contribution in [-0.4, -0.2) is 33.7 Å². The Labute approximate surface area is 197 Å². The van der Waals surface area contributed by atoms with E-state index in [1.54, 1.807) is 18.2 Å². The van der Waals surface area contributed by atoms with E-state index in [1.165, 1.54) is 0 Å². The van der Waals surface area contributed by atoms with Crippen LogP contribution in [0.3, 0.4) is 0 Å². The van der Waals surface area contributed by atoms with Crippen molar-refractivity contribution in [2.24, 2.45) is 0 Å². The number of nitrogens with one attached hydrogen (secondary N) is 1. The number of ketones is 1. The summed E-state index contributed by atoms with van der Waals surface area (Å²) in [6.07, 6.45) is 2.20. The molecule has 7 heteroatoms. The fourth-order valence-corrected chi connectivity index (χ4v) is 5.34. The molecule has 5 rings (SSSR count). The van der Waals surface area contributed by atoms with Gasteiger partial charge in [0.25, 0.3) is 5.91 Å². The molecule has 0 bridgehead atoms. The van der Waals surface area contributed by atoms with E-state index >= 15 is 0 Å². The van der Waals surface area contributed by atoms with Gasteiger partial charge in [0.2, 0.25) is 0 Å². The van der Waals surface area contributed by atoms with Gasteiger partial charge in [-0.3, -0.25) is 14.5 Å². The van der Waals surface area contributed by atoms with Crippen LogP contribution < -0.4 is 5.32 Å². The van der Waals surface area contributed by atoms with Crippen LogP contribution in [0.4, 0.5) is 4.79 Å². The van der Waals surface area contributed by atoms with Crippen LogP contribution >= 0.6 is 11.6 Å². The lowest BCUT2D eigenvalue weighted by Crippen LogP contribution is -2.46. The number of aryl methyl sites for hydroxylation is 2. The minimum Gasteiger partial charge on any atom is -0.319 e. The number of amides is 3. The van der Waals surface area contributed by atoms with Gasteiger partial charge in [-0.25, -0.2) is 4.79 Å². The summed E-state index contributed by atoms with van der Waals surface area (Å²) in [4.78, 5) is 40.7. The second-order valence-corrected chi connectivity index (χ2v) is 9.19. The maximum atomic E-state index is 13.5. The lowest BCUT2D eigenvalue weighted by atomic mass is 9.76. The highest BCUT2D eigenvalue weighted by Gasteiger charge is 2.54. The van der Waals surface area contributed by atoms with Crippen LogP contribution in [0.5, 0.6) is 0 Å². The average molecular weight is 462 g/mol. The summed E-state index contributed by atoms with van der Waals surface area (Å²) in [5, 5.41) is 3.55. The van der Waals surface area contributed by atoms with Crippen molar-refractivity contribution in [2.75, 3.05) is 6.54 Å². The molecule has 1 fully saturated rings. The third-order valence-electron chi connectivity index (χ3n) is 6.77. The van der Waals surface area contributed by atoms with Crippen molar-refractivity contribution in [1.29, 1.82) is 0 Å². The van der Waals surface area contributed by atoms with Crippen molar-refractivity contribution in [3.8, 4) is 5.69 Å². The number of urea groups is 1. The lowest BCUT2D eigenvalue weighted by molar-refractivity contribution is -0.131. The molecule has 3 amide bonds. The third kappa shape index (κ3) is 3.37. The maximum Gasteiger partial charge on any atom is 0.325 e. The van der Waals surface area contributed by atoms with Crippen molar-refractivity contribution in [2.45, 2.75) is 38.6 Å². The molecule has 0 saturated carbocycles. The Morgan fingerprint density at radius 1 is 1.09 bits per heavy atom. The molecule has 1 aliphatic carbocycles. The molecular formula is C26H24ClN3O3. The third-order valence-corrected chi connectivity index (χ3v) is 7.02. The molecule has 6 nitrogen and oxygen atoms in total. The average Bonchev–Trinajstić information content (AvgIpc) is 3.23. The zero-order valence-corrected chi connectivity index (χ0v) is 19.3. The molecule has 1 saturated heterocycles. The molecule has 1 aromatic heterocycles. The summed E-state index contributed by atoms with van der Waals surface area (Å²) in [6.45, 7) is 3.49. The molecule has 3 aromatic rings. The molecule has 33 heavy (non-hydrogen) atoms. The van der Waals surface area contributed by atoms with Crippen molar-refractivity contribution in [1.82, 2.24) is 14.8 Å². The van der Waals surface area contributed by atoms with Crippen molar-refractivity contribution >= 4 is 29.3 Å². The second kappa shape index (κ2) is 7.89. The van der Waals surface area contributed by atoms with Crippen LogP contribution in [0.25, 0.3) is 5.69 Å². The first-order chi connectivity index (χ1) is 15.8. The molecule has 2 aromatic carbocycles. The zero-order chi connectivity index (χ0) is 23.3.